The number of likely N-dealkylation sites (tertiary alicyclic amines) is 1. The van der Waals surface area contributed by atoms with Crippen molar-refractivity contribution < 1.29 is 4.79 Å². The fraction of sp³-hybridized carbons (Fsp3) is 0.909. The van der Waals surface area contributed by atoms with Crippen molar-refractivity contribution in [1.29, 1.82) is 0 Å². The summed E-state index contributed by atoms with van der Waals surface area (Å²) in [4.78, 5) is 15.9. The molecule has 2 rings (SSSR count). The van der Waals surface area contributed by atoms with Crippen LogP contribution in [-0.2, 0) is 4.79 Å². The van der Waals surface area contributed by atoms with Crippen LogP contribution in [0.15, 0.2) is 0 Å². The predicted octanol–water partition coefficient (Wildman–Crippen LogP) is -0.242. The first-order chi connectivity index (χ1) is 7.18. The summed E-state index contributed by atoms with van der Waals surface area (Å²) < 4.78 is 0. The van der Waals surface area contributed by atoms with Crippen molar-refractivity contribution in [1.82, 2.24) is 15.1 Å². The van der Waals surface area contributed by atoms with Gasteiger partial charge in [0, 0.05) is 58.2 Å². The molecule has 0 spiro atoms. The summed E-state index contributed by atoms with van der Waals surface area (Å²) in [6.45, 7) is 7.68. The summed E-state index contributed by atoms with van der Waals surface area (Å²) in [6.07, 6.45) is 0.738. The van der Waals surface area contributed by atoms with Crippen LogP contribution >= 0.6 is 0 Å². The lowest BCUT2D eigenvalue weighted by Crippen LogP contribution is -2.46. The normalized spacial score (nSPS) is 33.7. The highest BCUT2D eigenvalue weighted by atomic mass is 16.2. The zero-order valence-electron chi connectivity index (χ0n) is 9.70. The van der Waals surface area contributed by atoms with Crippen LogP contribution in [0.4, 0.5) is 0 Å². The van der Waals surface area contributed by atoms with Crippen LogP contribution in [0.1, 0.15) is 13.3 Å². The Balaban J connectivity index is 1.86. The molecule has 0 aromatic carbocycles. The van der Waals surface area contributed by atoms with E-state index in [0.717, 1.165) is 39.1 Å². The van der Waals surface area contributed by atoms with E-state index in [9.17, 15) is 4.79 Å². The van der Waals surface area contributed by atoms with Gasteiger partial charge in [0.1, 0.15) is 0 Å². The van der Waals surface area contributed by atoms with Crippen molar-refractivity contribution in [3.8, 4) is 0 Å². The number of carbonyl (C=O) groups excluding carboxylic acids is 1. The monoisotopic (exact) mass is 211 g/mol. The Morgan fingerprint density at radius 2 is 2.07 bits per heavy atom. The second-order valence-corrected chi connectivity index (χ2v) is 4.76. The average Bonchev–Trinajstić information content (AvgIpc) is 2.48. The Morgan fingerprint density at radius 1 is 1.40 bits per heavy atom. The Bertz CT molecular complexity index is 238. The lowest BCUT2D eigenvalue weighted by molar-refractivity contribution is -0.127. The molecule has 1 N–H and O–H groups in total. The molecule has 86 valence electrons. The van der Waals surface area contributed by atoms with Crippen molar-refractivity contribution in [2.75, 3.05) is 39.8 Å². The first-order valence-corrected chi connectivity index (χ1v) is 5.87. The summed E-state index contributed by atoms with van der Waals surface area (Å²) in [7, 11) is 1.92. The summed E-state index contributed by atoms with van der Waals surface area (Å²) >= 11 is 0. The lowest BCUT2D eigenvalue weighted by Gasteiger charge is -2.31. The van der Waals surface area contributed by atoms with E-state index in [0.29, 0.717) is 17.9 Å². The largest absolute Gasteiger partial charge is 0.343 e. The molecular weight excluding hydrogens is 190 g/mol. The summed E-state index contributed by atoms with van der Waals surface area (Å²) in [5, 5.41) is 3.35. The SMILES string of the molecule is C[C@H]1[C@H](CN2CCNCC2)CC(=O)N1C. The van der Waals surface area contributed by atoms with Gasteiger partial charge < -0.3 is 15.1 Å². The van der Waals surface area contributed by atoms with Crippen LogP contribution in [0.3, 0.4) is 0 Å². The summed E-state index contributed by atoms with van der Waals surface area (Å²) in [5.74, 6) is 0.836. The van der Waals surface area contributed by atoms with Gasteiger partial charge in [0.15, 0.2) is 0 Å². The molecule has 0 aromatic heterocycles. The smallest absolute Gasteiger partial charge is 0.222 e. The molecule has 4 nitrogen and oxygen atoms in total. The molecule has 0 aromatic rings. The van der Waals surface area contributed by atoms with E-state index in [1.807, 2.05) is 11.9 Å². The fourth-order valence-electron chi connectivity index (χ4n) is 2.52. The molecule has 15 heavy (non-hydrogen) atoms. The molecule has 0 saturated carbocycles. The number of carbonyl (C=O) groups is 1. The second kappa shape index (κ2) is 4.49. The van der Waals surface area contributed by atoms with Crippen LogP contribution in [0.25, 0.3) is 0 Å². The fourth-order valence-corrected chi connectivity index (χ4v) is 2.52. The Morgan fingerprint density at radius 3 is 2.60 bits per heavy atom. The highest BCUT2D eigenvalue weighted by Gasteiger charge is 2.35. The van der Waals surface area contributed by atoms with Crippen molar-refractivity contribution in [2.45, 2.75) is 19.4 Å². The maximum atomic E-state index is 11.5. The van der Waals surface area contributed by atoms with Crippen LogP contribution in [0.5, 0.6) is 0 Å². The maximum absolute atomic E-state index is 11.5. The van der Waals surface area contributed by atoms with Gasteiger partial charge in [-0.05, 0) is 6.92 Å². The number of rotatable bonds is 2. The van der Waals surface area contributed by atoms with Crippen LogP contribution < -0.4 is 5.32 Å². The zero-order chi connectivity index (χ0) is 10.8. The average molecular weight is 211 g/mol. The van der Waals surface area contributed by atoms with Crippen molar-refractivity contribution in [3.05, 3.63) is 0 Å². The van der Waals surface area contributed by atoms with Crippen molar-refractivity contribution in [3.63, 3.8) is 0 Å². The maximum Gasteiger partial charge on any atom is 0.222 e. The molecule has 2 aliphatic rings. The summed E-state index contributed by atoms with van der Waals surface area (Å²) in [5.41, 5.74) is 0. The summed E-state index contributed by atoms with van der Waals surface area (Å²) in [6, 6.07) is 0.410. The molecule has 0 unspecified atom stereocenters. The van der Waals surface area contributed by atoms with Gasteiger partial charge in [0.2, 0.25) is 5.91 Å². The Labute approximate surface area is 91.6 Å². The van der Waals surface area contributed by atoms with Gasteiger partial charge in [-0.3, -0.25) is 4.79 Å². The molecule has 0 radical (unpaired) electrons. The van der Waals surface area contributed by atoms with E-state index >= 15 is 0 Å². The van der Waals surface area contributed by atoms with E-state index in [1.165, 1.54) is 0 Å². The van der Waals surface area contributed by atoms with E-state index in [1.54, 1.807) is 0 Å². The van der Waals surface area contributed by atoms with Gasteiger partial charge in [-0.1, -0.05) is 0 Å². The quantitative estimate of drug-likeness (QED) is 0.684. The van der Waals surface area contributed by atoms with Crippen LogP contribution in [0, 0.1) is 5.92 Å². The topological polar surface area (TPSA) is 35.6 Å². The third-order valence-electron chi connectivity index (χ3n) is 3.83. The van der Waals surface area contributed by atoms with Crippen LogP contribution in [-0.4, -0.2) is 61.5 Å². The number of nitrogens with one attached hydrogen (secondary N) is 1. The molecule has 1 amide bonds. The van der Waals surface area contributed by atoms with Gasteiger partial charge in [-0.25, -0.2) is 0 Å². The minimum Gasteiger partial charge on any atom is -0.343 e. The molecule has 2 aliphatic heterocycles. The van der Waals surface area contributed by atoms with E-state index < -0.39 is 0 Å². The highest BCUT2D eigenvalue weighted by molar-refractivity contribution is 5.78. The molecule has 0 bridgehead atoms. The van der Waals surface area contributed by atoms with Crippen molar-refractivity contribution >= 4 is 5.91 Å². The minimum absolute atomic E-state index is 0.308. The van der Waals surface area contributed by atoms with E-state index in [4.69, 9.17) is 0 Å². The Hall–Kier alpha value is -0.610. The predicted molar refractivity (Wildman–Crippen MR) is 59.6 cm³/mol. The molecule has 2 heterocycles. The van der Waals surface area contributed by atoms with E-state index in [2.05, 4.69) is 17.1 Å². The van der Waals surface area contributed by atoms with Gasteiger partial charge >= 0.3 is 0 Å². The molecule has 2 atom stereocenters. The van der Waals surface area contributed by atoms with Gasteiger partial charge in [0.25, 0.3) is 0 Å². The second-order valence-electron chi connectivity index (χ2n) is 4.76. The molecular formula is C11H21N3O. The number of amides is 1. The third-order valence-corrected chi connectivity index (χ3v) is 3.83. The number of hydrogen-bond acceptors (Lipinski definition) is 3. The van der Waals surface area contributed by atoms with Gasteiger partial charge in [-0.2, -0.15) is 0 Å². The number of hydrogen-bond donors (Lipinski definition) is 1. The minimum atomic E-state index is 0.308. The lowest BCUT2D eigenvalue weighted by atomic mass is 10.0. The van der Waals surface area contributed by atoms with Gasteiger partial charge in [-0.15, -0.1) is 0 Å². The van der Waals surface area contributed by atoms with Gasteiger partial charge in [0.05, 0.1) is 0 Å². The van der Waals surface area contributed by atoms with Crippen molar-refractivity contribution in [2.24, 2.45) is 5.92 Å². The van der Waals surface area contributed by atoms with E-state index in [-0.39, 0.29) is 0 Å². The highest BCUT2D eigenvalue weighted by Crippen LogP contribution is 2.24. The zero-order valence-corrected chi connectivity index (χ0v) is 9.70. The Kier molecular flexibility index (Phi) is 3.26. The molecule has 2 saturated heterocycles. The number of piperazine rings is 1. The van der Waals surface area contributed by atoms with Crippen LogP contribution in [0.2, 0.25) is 0 Å². The first kappa shape index (κ1) is 10.9. The molecule has 4 heteroatoms. The number of nitrogens with zero attached hydrogens (tertiary/aromatic N) is 2. The standard InChI is InChI=1S/C11H21N3O/c1-9-10(7-11(15)13(9)2)8-14-5-3-12-4-6-14/h9-10,12H,3-8H2,1-2H3/t9-,10-/m0/s1. The molecule has 2 fully saturated rings. The molecule has 0 aliphatic carbocycles. The third kappa shape index (κ3) is 2.32. The first-order valence-electron chi connectivity index (χ1n) is 5.87.